The van der Waals surface area contributed by atoms with E-state index < -0.39 is 10.8 Å². The van der Waals surface area contributed by atoms with Gasteiger partial charge in [-0.2, -0.15) is 0 Å². The van der Waals surface area contributed by atoms with Crippen LogP contribution in [-0.4, -0.2) is 16.0 Å². The summed E-state index contributed by atoms with van der Waals surface area (Å²) >= 11 is 0. The molecule has 0 spiro atoms. The normalized spacial score (nSPS) is 28.3. The van der Waals surface area contributed by atoms with E-state index in [-0.39, 0.29) is 5.25 Å². The van der Waals surface area contributed by atoms with Crippen LogP contribution in [0.2, 0.25) is 0 Å². The number of rotatable bonds is 4. The Hall–Kier alpha value is -0.670. The average molecular weight is 293 g/mol. The third-order valence-corrected chi connectivity index (χ3v) is 6.75. The molecule has 4 unspecified atom stereocenters. The van der Waals surface area contributed by atoms with Crippen molar-refractivity contribution < 1.29 is 4.21 Å². The van der Waals surface area contributed by atoms with Crippen LogP contribution in [0.4, 0.5) is 0 Å². The lowest BCUT2D eigenvalue weighted by atomic mass is 9.80. The van der Waals surface area contributed by atoms with Gasteiger partial charge in [-0.25, -0.2) is 0 Å². The highest BCUT2D eigenvalue weighted by Gasteiger charge is 2.34. The van der Waals surface area contributed by atoms with Gasteiger partial charge in [-0.3, -0.25) is 4.21 Å². The van der Waals surface area contributed by atoms with Crippen molar-refractivity contribution in [3.63, 3.8) is 0 Å². The van der Waals surface area contributed by atoms with Gasteiger partial charge in [0.2, 0.25) is 0 Å². The monoisotopic (exact) mass is 293 g/mol. The van der Waals surface area contributed by atoms with Gasteiger partial charge in [0.25, 0.3) is 0 Å². The van der Waals surface area contributed by atoms with Crippen molar-refractivity contribution in [1.29, 1.82) is 0 Å². The average Bonchev–Trinajstić information content (AvgIpc) is 2.48. The van der Waals surface area contributed by atoms with E-state index >= 15 is 0 Å². The Morgan fingerprint density at radius 2 is 2.05 bits per heavy atom. The molecule has 1 saturated carbocycles. The van der Waals surface area contributed by atoms with Crippen molar-refractivity contribution in [2.45, 2.75) is 56.6 Å². The van der Waals surface area contributed by atoms with E-state index in [2.05, 4.69) is 39.0 Å². The lowest BCUT2D eigenvalue weighted by Gasteiger charge is -2.35. The number of aryl methyl sites for hydroxylation is 2. The first-order chi connectivity index (χ1) is 9.56. The Labute approximate surface area is 125 Å². The van der Waals surface area contributed by atoms with Gasteiger partial charge in [-0.1, -0.05) is 31.9 Å². The van der Waals surface area contributed by atoms with Crippen molar-refractivity contribution in [1.82, 2.24) is 0 Å². The van der Waals surface area contributed by atoms with Crippen molar-refractivity contribution in [3.8, 4) is 0 Å². The topological polar surface area (TPSA) is 43.1 Å². The van der Waals surface area contributed by atoms with Crippen LogP contribution >= 0.6 is 0 Å². The van der Waals surface area contributed by atoms with E-state index in [1.54, 1.807) is 0 Å². The van der Waals surface area contributed by atoms with Crippen LogP contribution in [0, 0.1) is 25.7 Å². The van der Waals surface area contributed by atoms with Gasteiger partial charge >= 0.3 is 0 Å². The minimum absolute atomic E-state index is 0.235. The summed E-state index contributed by atoms with van der Waals surface area (Å²) in [5, 5.41) is 0.235. The highest BCUT2D eigenvalue weighted by atomic mass is 32.2. The summed E-state index contributed by atoms with van der Waals surface area (Å²) in [5.74, 6) is 1.13. The lowest BCUT2D eigenvalue weighted by molar-refractivity contribution is 0.280. The molecule has 0 aliphatic heterocycles. The molecule has 20 heavy (non-hydrogen) atoms. The molecular formula is C17H27NOS. The summed E-state index contributed by atoms with van der Waals surface area (Å²) < 4.78 is 13.1. The van der Waals surface area contributed by atoms with E-state index in [4.69, 9.17) is 5.73 Å². The van der Waals surface area contributed by atoms with Gasteiger partial charge < -0.3 is 5.73 Å². The van der Waals surface area contributed by atoms with Crippen molar-refractivity contribution in [2.24, 2.45) is 17.6 Å². The van der Waals surface area contributed by atoms with Crippen LogP contribution in [0.3, 0.4) is 0 Å². The largest absolute Gasteiger partial charge is 0.330 e. The zero-order valence-electron chi connectivity index (χ0n) is 12.9. The van der Waals surface area contributed by atoms with Crippen molar-refractivity contribution in [3.05, 3.63) is 29.3 Å². The summed E-state index contributed by atoms with van der Waals surface area (Å²) in [6.45, 7) is 7.03. The molecule has 0 aromatic heterocycles. The third-order valence-electron chi connectivity index (χ3n) is 4.75. The minimum Gasteiger partial charge on any atom is -0.330 e. The van der Waals surface area contributed by atoms with E-state index in [0.29, 0.717) is 12.5 Å². The van der Waals surface area contributed by atoms with Gasteiger partial charge in [0, 0.05) is 10.1 Å². The van der Waals surface area contributed by atoms with Crippen LogP contribution in [0.25, 0.3) is 0 Å². The molecular weight excluding hydrogens is 266 g/mol. The predicted octanol–water partition coefficient (Wildman–Crippen LogP) is 3.56. The Balaban J connectivity index is 2.26. The first kappa shape index (κ1) is 15.7. The maximum Gasteiger partial charge on any atom is 0.0567 e. The molecule has 0 radical (unpaired) electrons. The fourth-order valence-electron chi connectivity index (χ4n) is 3.26. The molecule has 0 saturated heterocycles. The summed E-state index contributed by atoms with van der Waals surface area (Å²) in [7, 11) is -0.924. The minimum atomic E-state index is -0.924. The van der Waals surface area contributed by atoms with Gasteiger partial charge in [0.15, 0.2) is 0 Å². The SMILES string of the molecule is CCC1CCC(CN)C(S(=O)c2cc(C)ccc2C)C1. The first-order valence-corrected chi connectivity index (χ1v) is 8.96. The predicted molar refractivity (Wildman–Crippen MR) is 86.3 cm³/mol. The fraction of sp³-hybridized carbons (Fsp3) is 0.647. The lowest BCUT2D eigenvalue weighted by Crippen LogP contribution is -2.37. The van der Waals surface area contributed by atoms with Crippen LogP contribution in [0.5, 0.6) is 0 Å². The molecule has 1 aliphatic carbocycles. The molecule has 1 aromatic rings. The van der Waals surface area contributed by atoms with E-state index in [0.717, 1.165) is 29.2 Å². The number of benzene rings is 1. The summed E-state index contributed by atoms with van der Waals surface area (Å²) in [4.78, 5) is 1.02. The van der Waals surface area contributed by atoms with Crippen LogP contribution < -0.4 is 5.73 Å². The zero-order valence-corrected chi connectivity index (χ0v) is 13.7. The molecule has 2 nitrogen and oxygen atoms in total. The van der Waals surface area contributed by atoms with Gasteiger partial charge in [-0.15, -0.1) is 0 Å². The smallest absolute Gasteiger partial charge is 0.0567 e. The highest BCUT2D eigenvalue weighted by molar-refractivity contribution is 7.85. The Morgan fingerprint density at radius 1 is 1.30 bits per heavy atom. The van der Waals surface area contributed by atoms with Gasteiger partial charge in [0.1, 0.15) is 0 Å². The maximum absolute atomic E-state index is 13.1. The molecule has 2 rings (SSSR count). The Morgan fingerprint density at radius 3 is 2.70 bits per heavy atom. The number of hydrogen-bond acceptors (Lipinski definition) is 2. The molecule has 3 heteroatoms. The molecule has 2 N–H and O–H groups in total. The van der Waals surface area contributed by atoms with Crippen molar-refractivity contribution >= 4 is 10.8 Å². The second-order valence-corrected chi connectivity index (χ2v) is 7.83. The van der Waals surface area contributed by atoms with Crippen LogP contribution in [0.1, 0.15) is 43.7 Å². The van der Waals surface area contributed by atoms with Gasteiger partial charge in [0.05, 0.1) is 10.8 Å². The highest BCUT2D eigenvalue weighted by Crippen LogP contribution is 2.36. The third kappa shape index (κ3) is 3.32. The standard InChI is InChI=1S/C17H27NOS/c1-4-14-7-8-15(11-18)17(10-14)20(19)16-9-12(2)5-6-13(16)3/h5-6,9,14-15,17H,4,7-8,10-11,18H2,1-3H3. The van der Waals surface area contributed by atoms with Crippen molar-refractivity contribution in [2.75, 3.05) is 6.54 Å². The van der Waals surface area contributed by atoms with Crippen LogP contribution in [-0.2, 0) is 10.8 Å². The van der Waals surface area contributed by atoms with Gasteiger partial charge in [-0.05, 0) is 62.3 Å². The molecule has 4 atom stereocenters. The molecule has 1 fully saturated rings. The summed E-state index contributed by atoms with van der Waals surface area (Å²) in [6, 6.07) is 6.26. The summed E-state index contributed by atoms with van der Waals surface area (Å²) in [5.41, 5.74) is 8.26. The molecule has 1 aliphatic rings. The first-order valence-electron chi connectivity index (χ1n) is 7.74. The fourth-order valence-corrected chi connectivity index (χ4v) is 5.32. The Bertz CT molecular complexity index is 486. The maximum atomic E-state index is 13.1. The molecule has 0 heterocycles. The zero-order chi connectivity index (χ0) is 14.7. The number of hydrogen-bond donors (Lipinski definition) is 1. The van der Waals surface area contributed by atoms with Crippen LogP contribution in [0.15, 0.2) is 23.1 Å². The molecule has 0 amide bonds. The molecule has 0 bridgehead atoms. The van der Waals surface area contributed by atoms with E-state index in [9.17, 15) is 4.21 Å². The molecule has 1 aromatic carbocycles. The second kappa shape index (κ2) is 6.86. The second-order valence-electron chi connectivity index (χ2n) is 6.19. The number of nitrogens with two attached hydrogens (primary N) is 1. The van der Waals surface area contributed by atoms with E-state index in [1.807, 2.05) is 0 Å². The molecule has 112 valence electrons. The quantitative estimate of drug-likeness (QED) is 0.922. The van der Waals surface area contributed by atoms with E-state index in [1.165, 1.54) is 18.4 Å². The summed E-state index contributed by atoms with van der Waals surface area (Å²) in [6.07, 6.45) is 4.64. The Kier molecular flexibility index (Phi) is 5.39.